The van der Waals surface area contributed by atoms with Crippen molar-refractivity contribution in [1.82, 2.24) is 16.2 Å². The van der Waals surface area contributed by atoms with Gasteiger partial charge in [-0.15, -0.1) is 0 Å². The largest absolute Gasteiger partial charge is 0.454 e. The minimum atomic E-state index is -0.696. The predicted molar refractivity (Wildman–Crippen MR) is 69.7 cm³/mol. The molecule has 0 bridgehead atoms. The summed E-state index contributed by atoms with van der Waals surface area (Å²) in [6.07, 6.45) is 0. The fraction of sp³-hybridized carbons (Fsp3) is 0.333. The van der Waals surface area contributed by atoms with E-state index >= 15 is 0 Å². The van der Waals surface area contributed by atoms with Crippen molar-refractivity contribution in [3.8, 4) is 11.5 Å². The molecule has 1 aliphatic heterocycles. The molecule has 3 amide bonds. The molecule has 0 aromatic heterocycles. The van der Waals surface area contributed by atoms with Gasteiger partial charge in [0.05, 0.1) is 6.04 Å². The molecule has 8 heteroatoms. The maximum absolute atomic E-state index is 11.5. The molecule has 2 rings (SSSR count). The van der Waals surface area contributed by atoms with Crippen LogP contribution in [0.5, 0.6) is 11.5 Å². The molecule has 8 nitrogen and oxygen atoms in total. The molecule has 0 spiro atoms. The van der Waals surface area contributed by atoms with Crippen molar-refractivity contribution in [2.45, 2.75) is 19.5 Å². The van der Waals surface area contributed by atoms with E-state index in [0.29, 0.717) is 11.5 Å². The summed E-state index contributed by atoms with van der Waals surface area (Å²) in [7, 11) is 0. The number of rotatable bonds is 3. The first kappa shape index (κ1) is 13.9. The molecule has 1 atom stereocenters. The summed E-state index contributed by atoms with van der Waals surface area (Å²) in [5.41, 5.74) is 10.5. The van der Waals surface area contributed by atoms with Crippen LogP contribution in [0.4, 0.5) is 4.79 Å². The lowest BCUT2D eigenvalue weighted by Gasteiger charge is -2.11. The van der Waals surface area contributed by atoms with Crippen LogP contribution in [0.3, 0.4) is 0 Å². The summed E-state index contributed by atoms with van der Waals surface area (Å²) in [5.74, 6) is 0.792. The van der Waals surface area contributed by atoms with E-state index in [9.17, 15) is 9.59 Å². The molecule has 1 aromatic rings. The normalized spacial score (nSPS) is 13.5. The highest BCUT2D eigenvalue weighted by atomic mass is 16.7. The Morgan fingerprint density at radius 1 is 1.35 bits per heavy atom. The van der Waals surface area contributed by atoms with Crippen LogP contribution in [-0.4, -0.2) is 24.8 Å². The van der Waals surface area contributed by atoms with Crippen LogP contribution in [0.25, 0.3) is 0 Å². The van der Waals surface area contributed by atoms with E-state index in [4.69, 9.17) is 15.2 Å². The molecule has 20 heavy (non-hydrogen) atoms. The average Bonchev–Trinajstić information content (AvgIpc) is 2.91. The van der Waals surface area contributed by atoms with Gasteiger partial charge in [-0.05, 0) is 13.0 Å². The smallest absolute Gasteiger partial charge is 0.333 e. The van der Waals surface area contributed by atoms with Crippen LogP contribution in [-0.2, 0) is 11.3 Å². The van der Waals surface area contributed by atoms with Crippen LogP contribution < -0.4 is 31.4 Å². The Kier molecular flexibility index (Phi) is 4.26. The van der Waals surface area contributed by atoms with Crippen LogP contribution >= 0.6 is 0 Å². The lowest BCUT2D eigenvalue weighted by Crippen LogP contribution is -2.51. The van der Waals surface area contributed by atoms with E-state index in [1.807, 2.05) is 6.07 Å². The molecule has 5 N–H and O–H groups in total. The Morgan fingerprint density at radius 2 is 2.15 bits per heavy atom. The molecular formula is C12H16N4O4. The summed E-state index contributed by atoms with van der Waals surface area (Å²) in [6.45, 7) is 1.93. The third-order valence-corrected chi connectivity index (χ3v) is 2.63. The zero-order valence-corrected chi connectivity index (χ0v) is 10.9. The van der Waals surface area contributed by atoms with Gasteiger partial charge in [0.2, 0.25) is 6.79 Å². The van der Waals surface area contributed by atoms with Crippen molar-refractivity contribution >= 4 is 11.9 Å². The second-order valence-corrected chi connectivity index (χ2v) is 4.24. The quantitative estimate of drug-likeness (QED) is 0.562. The van der Waals surface area contributed by atoms with E-state index in [1.54, 1.807) is 12.1 Å². The van der Waals surface area contributed by atoms with Crippen molar-refractivity contribution in [3.05, 3.63) is 23.8 Å². The molecule has 0 radical (unpaired) electrons. The van der Waals surface area contributed by atoms with Gasteiger partial charge in [0.15, 0.2) is 11.5 Å². The average molecular weight is 280 g/mol. The topological polar surface area (TPSA) is 115 Å². The zero-order valence-electron chi connectivity index (χ0n) is 10.9. The highest BCUT2D eigenvalue weighted by Gasteiger charge is 2.17. The van der Waals surface area contributed by atoms with E-state index in [0.717, 1.165) is 5.56 Å². The van der Waals surface area contributed by atoms with Crippen molar-refractivity contribution in [3.63, 3.8) is 0 Å². The number of urea groups is 1. The van der Waals surface area contributed by atoms with Gasteiger partial charge >= 0.3 is 6.03 Å². The summed E-state index contributed by atoms with van der Waals surface area (Å²) < 4.78 is 10.5. The molecule has 1 unspecified atom stereocenters. The molecule has 1 aromatic carbocycles. The maximum Gasteiger partial charge on any atom is 0.333 e. The van der Waals surface area contributed by atoms with Crippen LogP contribution in [0.1, 0.15) is 12.5 Å². The predicted octanol–water partition coefficient (Wildman–Crippen LogP) is -0.407. The second-order valence-electron chi connectivity index (χ2n) is 4.24. The lowest BCUT2D eigenvalue weighted by molar-refractivity contribution is -0.122. The maximum atomic E-state index is 11.5. The number of fused-ring (bicyclic) bond motifs is 1. The van der Waals surface area contributed by atoms with Gasteiger partial charge in [0.1, 0.15) is 0 Å². The summed E-state index contributed by atoms with van der Waals surface area (Å²) >= 11 is 0. The van der Waals surface area contributed by atoms with Gasteiger partial charge in [0.25, 0.3) is 5.91 Å². The fourth-order valence-electron chi connectivity index (χ4n) is 1.58. The number of hydrazine groups is 1. The third kappa shape index (κ3) is 3.29. The van der Waals surface area contributed by atoms with Gasteiger partial charge in [-0.25, -0.2) is 10.2 Å². The number of amides is 3. The summed E-state index contributed by atoms with van der Waals surface area (Å²) in [4.78, 5) is 22.7. The van der Waals surface area contributed by atoms with Crippen molar-refractivity contribution < 1.29 is 19.1 Å². The van der Waals surface area contributed by atoms with Crippen LogP contribution in [0, 0.1) is 0 Å². The fourth-order valence-corrected chi connectivity index (χ4v) is 1.58. The summed E-state index contributed by atoms with van der Waals surface area (Å²) in [6, 6.07) is 4.16. The van der Waals surface area contributed by atoms with Crippen LogP contribution in [0.2, 0.25) is 0 Å². The van der Waals surface area contributed by atoms with E-state index in [1.165, 1.54) is 6.92 Å². The Bertz CT molecular complexity index is 518. The van der Waals surface area contributed by atoms with Crippen LogP contribution in [0.15, 0.2) is 18.2 Å². The number of para-hydroxylation sites is 1. The van der Waals surface area contributed by atoms with E-state index < -0.39 is 18.0 Å². The first-order valence-electron chi connectivity index (χ1n) is 6.04. The minimum Gasteiger partial charge on any atom is -0.454 e. The molecule has 0 saturated carbocycles. The first-order chi connectivity index (χ1) is 9.58. The Morgan fingerprint density at radius 3 is 2.90 bits per heavy atom. The monoisotopic (exact) mass is 280 g/mol. The van der Waals surface area contributed by atoms with Gasteiger partial charge in [-0.3, -0.25) is 10.2 Å². The standard InChI is InChI=1S/C12H16N4O4/c1-7(13)11(17)15-16-12(18)14-5-8-3-2-4-9-10(8)20-6-19-9/h2-4,7H,5-6,13H2,1H3,(H,15,17)(H2,14,16,18). The number of hydrogen-bond donors (Lipinski definition) is 4. The van der Waals surface area contributed by atoms with Crippen molar-refractivity contribution in [1.29, 1.82) is 0 Å². The highest BCUT2D eigenvalue weighted by Crippen LogP contribution is 2.35. The number of nitrogens with one attached hydrogen (secondary N) is 3. The van der Waals surface area contributed by atoms with Gasteiger partial charge in [0, 0.05) is 12.1 Å². The molecular weight excluding hydrogens is 264 g/mol. The number of benzene rings is 1. The molecule has 1 heterocycles. The number of carbonyl (C=O) groups is 2. The number of ether oxygens (including phenoxy) is 2. The van der Waals surface area contributed by atoms with Crippen molar-refractivity contribution in [2.75, 3.05) is 6.79 Å². The number of nitrogens with two attached hydrogens (primary N) is 1. The zero-order chi connectivity index (χ0) is 14.5. The van der Waals surface area contributed by atoms with Crippen molar-refractivity contribution in [2.24, 2.45) is 5.73 Å². The molecule has 0 aliphatic carbocycles. The van der Waals surface area contributed by atoms with Gasteiger partial charge in [-0.2, -0.15) is 0 Å². The first-order valence-corrected chi connectivity index (χ1v) is 6.04. The Labute approximate surface area is 115 Å². The minimum absolute atomic E-state index is 0.170. The highest BCUT2D eigenvalue weighted by molar-refractivity contribution is 5.84. The number of carbonyl (C=O) groups excluding carboxylic acids is 2. The van der Waals surface area contributed by atoms with E-state index in [-0.39, 0.29) is 13.3 Å². The molecule has 0 saturated heterocycles. The van der Waals surface area contributed by atoms with E-state index in [2.05, 4.69) is 16.2 Å². The SMILES string of the molecule is CC(N)C(=O)NNC(=O)NCc1cccc2c1OCO2. The number of hydrogen-bond acceptors (Lipinski definition) is 5. The Hall–Kier alpha value is -2.48. The molecule has 1 aliphatic rings. The van der Waals surface area contributed by atoms with Gasteiger partial charge in [-0.1, -0.05) is 12.1 Å². The molecule has 0 fully saturated rings. The van der Waals surface area contributed by atoms with Gasteiger partial charge < -0.3 is 20.5 Å². The second kappa shape index (κ2) is 6.11. The third-order valence-electron chi connectivity index (χ3n) is 2.63. The summed E-state index contributed by atoms with van der Waals surface area (Å²) in [5, 5.41) is 2.58. The lowest BCUT2D eigenvalue weighted by atomic mass is 10.2. The Balaban J connectivity index is 1.82. The molecule has 108 valence electrons.